The normalized spacial score (nSPS) is 23.0. The highest BCUT2D eigenvalue weighted by atomic mass is 16.2. The van der Waals surface area contributed by atoms with E-state index in [0.717, 1.165) is 49.0 Å². The fourth-order valence-corrected chi connectivity index (χ4v) is 4.25. The van der Waals surface area contributed by atoms with Gasteiger partial charge in [-0.3, -0.25) is 14.5 Å². The highest BCUT2D eigenvalue weighted by molar-refractivity contribution is 6.09. The molecule has 1 aliphatic carbocycles. The van der Waals surface area contributed by atoms with Gasteiger partial charge in [0.15, 0.2) is 0 Å². The van der Waals surface area contributed by atoms with E-state index in [1.165, 1.54) is 12.0 Å². The highest BCUT2D eigenvalue weighted by Crippen LogP contribution is 2.29. The summed E-state index contributed by atoms with van der Waals surface area (Å²) < 4.78 is 0. The number of benzene rings is 1. The minimum atomic E-state index is -1.13. The van der Waals surface area contributed by atoms with Gasteiger partial charge >= 0.3 is 6.03 Å². The van der Waals surface area contributed by atoms with E-state index in [1.807, 2.05) is 24.3 Å². The molecule has 1 heterocycles. The Morgan fingerprint density at radius 2 is 1.82 bits per heavy atom. The minimum Gasteiger partial charge on any atom is -0.341 e. The van der Waals surface area contributed by atoms with Crippen LogP contribution >= 0.6 is 0 Å². The summed E-state index contributed by atoms with van der Waals surface area (Å²) in [6.07, 6.45) is 7.46. The number of hydrogen-bond acceptors (Lipinski definition) is 3. The van der Waals surface area contributed by atoms with Gasteiger partial charge < -0.3 is 10.2 Å². The van der Waals surface area contributed by atoms with Crippen LogP contribution in [0.15, 0.2) is 24.3 Å². The van der Waals surface area contributed by atoms with Crippen molar-refractivity contribution in [1.29, 1.82) is 0 Å². The molecule has 0 bridgehead atoms. The van der Waals surface area contributed by atoms with Gasteiger partial charge in [0.2, 0.25) is 5.91 Å². The number of nitrogens with zero attached hydrogens (tertiary/aromatic N) is 2. The number of nitrogens with one attached hydrogen (secondary N) is 1. The van der Waals surface area contributed by atoms with Crippen molar-refractivity contribution in [2.24, 2.45) is 0 Å². The zero-order chi connectivity index (χ0) is 20.3. The standard InChI is InChI=1S/C22H31N3O3/c1-4-8-16-11-13-17(14-12-16)22(2)20(27)25(21(28)23-22)15-19(26)24(3)18-9-6-5-7-10-18/h11-14,18H,4-10,15H2,1-3H3,(H,23,28). The molecule has 0 radical (unpaired) electrons. The summed E-state index contributed by atoms with van der Waals surface area (Å²) >= 11 is 0. The Hall–Kier alpha value is -2.37. The van der Waals surface area contributed by atoms with E-state index >= 15 is 0 Å². The van der Waals surface area contributed by atoms with E-state index in [4.69, 9.17) is 0 Å². The Labute approximate surface area is 167 Å². The van der Waals surface area contributed by atoms with E-state index in [1.54, 1.807) is 18.9 Å². The number of urea groups is 1. The third-order valence-electron chi connectivity index (χ3n) is 6.15. The Bertz CT molecular complexity index is 740. The van der Waals surface area contributed by atoms with Gasteiger partial charge in [0.25, 0.3) is 5.91 Å². The number of likely N-dealkylation sites (N-methyl/N-ethyl adjacent to an activating group) is 1. The predicted molar refractivity (Wildman–Crippen MR) is 108 cm³/mol. The topological polar surface area (TPSA) is 69.7 Å². The Kier molecular flexibility index (Phi) is 6.06. The van der Waals surface area contributed by atoms with Crippen LogP contribution in [0.2, 0.25) is 0 Å². The maximum atomic E-state index is 13.1. The van der Waals surface area contributed by atoms with E-state index < -0.39 is 11.6 Å². The zero-order valence-corrected chi connectivity index (χ0v) is 17.2. The third-order valence-corrected chi connectivity index (χ3v) is 6.15. The van der Waals surface area contributed by atoms with Crippen molar-refractivity contribution in [1.82, 2.24) is 15.1 Å². The zero-order valence-electron chi connectivity index (χ0n) is 17.2. The van der Waals surface area contributed by atoms with Gasteiger partial charge in [-0.15, -0.1) is 0 Å². The summed E-state index contributed by atoms with van der Waals surface area (Å²) in [5.41, 5.74) is 0.806. The molecule has 1 saturated carbocycles. The predicted octanol–water partition coefficient (Wildman–Crippen LogP) is 3.20. The van der Waals surface area contributed by atoms with Gasteiger partial charge in [0, 0.05) is 13.1 Å². The van der Waals surface area contributed by atoms with Gasteiger partial charge in [-0.1, -0.05) is 56.9 Å². The van der Waals surface area contributed by atoms with Crippen molar-refractivity contribution in [3.05, 3.63) is 35.4 Å². The molecule has 2 fully saturated rings. The Morgan fingerprint density at radius 3 is 2.43 bits per heavy atom. The second-order valence-electron chi connectivity index (χ2n) is 8.19. The first-order chi connectivity index (χ1) is 13.4. The molecule has 152 valence electrons. The number of carbonyl (C=O) groups excluding carboxylic acids is 3. The lowest BCUT2D eigenvalue weighted by Crippen LogP contribution is -2.46. The lowest BCUT2D eigenvalue weighted by atomic mass is 9.91. The van der Waals surface area contributed by atoms with Crippen LogP contribution in [0.5, 0.6) is 0 Å². The number of aryl methyl sites for hydroxylation is 1. The minimum absolute atomic E-state index is 0.182. The molecule has 0 spiro atoms. The van der Waals surface area contributed by atoms with Crippen molar-refractivity contribution in [2.45, 2.75) is 70.4 Å². The van der Waals surface area contributed by atoms with E-state index in [9.17, 15) is 14.4 Å². The molecule has 1 aromatic carbocycles. The number of amides is 4. The molecule has 1 N–H and O–H groups in total. The molecule has 0 aromatic heterocycles. The number of rotatable bonds is 6. The van der Waals surface area contributed by atoms with Gasteiger partial charge in [0.1, 0.15) is 12.1 Å². The van der Waals surface area contributed by atoms with Crippen LogP contribution in [0.4, 0.5) is 4.79 Å². The first-order valence-corrected chi connectivity index (χ1v) is 10.4. The highest BCUT2D eigenvalue weighted by Gasteiger charge is 2.49. The average Bonchev–Trinajstić information content (AvgIpc) is 2.92. The van der Waals surface area contributed by atoms with Gasteiger partial charge in [-0.2, -0.15) is 0 Å². The first kappa shape index (κ1) is 20.4. The molecule has 4 amide bonds. The van der Waals surface area contributed by atoms with Crippen molar-refractivity contribution in [3.8, 4) is 0 Å². The van der Waals surface area contributed by atoms with Crippen LogP contribution in [0.25, 0.3) is 0 Å². The summed E-state index contributed by atoms with van der Waals surface area (Å²) in [5.74, 6) is -0.552. The van der Waals surface area contributed by atoms with Gasteiger partial charge in [0.05, 0.1) is 0 Å². The van der Waals surface area contributed by atoms with Crippen LogP contribution in [-0.2, 0) is 21.5 Å². The molecule has 1 atom stereocenters. The van der Waals surface area contributed by atoms with Gasteiger partial charge in [-0.05, 0) is 37.3 Å². The summed E-state index contributed by atoms with van der Waals surface area (Å²) in [6.45, 7) is 3.62. The lowest BCUT2D eigenvalue weighted by molar-refractivity contribution is -0.139. The fourth-order valence-electron chi connectivity index (χ4n) is 4.25. The Morgan fingerprint density at radius 1 is 1.18 bits per heavy atom. The summed E-state index contributed by atoms with van der Waals surface area (Å²) in [4.78, 5) is 41.0. The smallest absolute Gasteiger partial charge is 0.325 e. The molecule has 2 aliphatic rings. The number of carbonyl (C=O) groups is 3. The molecule has 1 aliphatic heterocycles. The van der Waals surface area contributed by atoms with Crippen LogP contribution in [0, 0.1) is 0 Å². The average molecular weight is 386 g/mol. The molecule has 1 aromatic rings. The Balaban J connectivity index is 1.70. The van der Waals surface area contributed by atoms with Crippen molar-refractivity contribution in [2.75, 3.05) is 13.6 Å². The molecular formula is C22H31N3O3. The van der Waals surface area contributed by atoms with Crippen LogP contribution < -0.4 is 5.32 Å². The molecular weight excluding hydrogens is 354 g/mol. The number of hydrogen-bond donors (Lipinski definition) is 1. The van der Waals surface area contributed by atoms with Crippen molar-refractivity contribution in [3.63, 3.8) is 0 Å². The van der Waals surface area contributed by atoms with Crippen LogP contribution in [-0.4, -0.2) is 47.3 Å². The van der Waals surface area contributed by atoms with Crippen LogP contribution in [0.1, 0.15) is 63.5 Å². The first-order valence-electron chi connectivity index (χ1n) is 10.4. The third kappa shape index (κ3) is 3.91. The fraction of sp³-hybridized carbons (Fsp3) is 0.591. The lowest BCUT2D eigenvalue weighted by Gasteiger charge is -2.32. The molecule has 6 nitrogen and oxygen atoms in total. The largest absolute Gasteiger partial charge is 0.341 e. The molecule has 1 saturated heterocycles. The van der Waals surface area contributed by atoms with Crippen LogP contribution in [0.3, 0.4) is 0 Å². The summed E-state index contributed by atoms with van der Waals surface area (Å²) in [7, 11) is 1.78. The van der Waals surface area contributed by atoms with E-state index in [0.29, 0.717) is 0 Å². The van der Waals surface area contributed by atoms with E-state index in [2.05, 4.69) is 12.2 Å². The van der Waals surface area contributed by atoms with E-state index in [-0.39, 0.29) is 24.4 Å². The monoisotopic (exact) mass is 385 g/mol. The van der Waals surface area contributed by atoms with Crippen molar-refractivity contribution >= 4 is 17.8 Å². The summed E-state index contributed by atoms with van der Waals surface area (Å²) in [6, 6.07) is 7.48. The molecule has 1 unspecified atom stereocenters. The second kappa shape index (κ2) is 8.33. The molecule has 3 rings (SSSR count). The SMILES string of the molecule is CCCc1ccc(C2(C)NC(=O)N(CC(=O)N(C)C3CCCCC3)C2=O)cc1. The second-order valence-corrected chi connectivity index (χ2v) is 8.19. The maximum absolute atomic E-state index is 13.1. The molecule has 6 heteroatoms. The maximum Gasteiger partial charge on any atom is 0.325 e. The van der Waals surface area contributed by atoms with Crippen molar-refractivity contribution < 1.29 is 14.4 Å². The quantitative estimate of drug-likeness (QED) is 0.765. The number of imide groups is 1. The van der Waals surface area contributed by atoms with Gasteiger partial charge in [-0.25, -0.2) is 4.79 Å². The molecule has 28 heavy (non-hydrogen) atoms. The summed E-state index contributed by atoms with van der Waals surface area (Å²) in [5, 5.41) is 2.79.